The molecule has 2 saturated heterocycles. The van der Waals surface area contributed by atoms with Gasteiger partial charge in [-0.3, -0.25) is 14.5 Å². The van der Waals surface area contributed by atoms with Gasteiger partial charge in [0.05, 0.1) is 17.1 Å². The number of piperidine rings is 1. The second-order valence-corrected chi connectivity index (χ2v) is 11.1. The predicted molar refractivity (Wildman–Crippen MR) is 128 cm³/mol. The molecule has 0 saturated carbocycles. The van der Waals surface area contributed by atoms with Crippen molar-refractivity contribution in [1.82, 2.24) is 24.7 Å². The SMILES string of the molecule is Cc1nc(C(C)(C)C)nc2sc(C(=O)N3CCN(CC(=O)N4CCCCC4)CC3)c(C)c12. The molecule has 4 rings (SSSR count). The van der Waals surface area contributed by atoms with Gasteiger partial charge in [0, 0.05) is 50.1 Å². The van der Waals surface area contributed by atoms with Gasteiger partial charge < -0.3 is 9.80 Å². The standard InChI is InChI=1S/C24H35N5O2S/c1-16-19-17(2)25-23(24(3,4)5)26-21(19)32-20(16)22(31)29-13-11-27(12-14-29)15-18(30)28-9-7-6-8-10-28/h6-15H2,1-5H3. The molecule has 0 bridgehead atoms. The number of hydrogen-bond acceptors (Lipinski definition) is 6. The molecule has 2 aromatic heterocycles. The lowest BCUT2D eigenvalue weighted by Crippen LogP contribution is -2.52. The molecule has 0 atom stereocenters. The molecule has 2 fully saturated rings. The fourth-order valence-electron chi connectivity index (χ4n) is 4.57. The van der Waals surface area contributed by atoms with Crippen molar-refractivity contribution in [3.63, 3.8) is 0 Å². The van der Waals surface area contributed by atoms with Gasteiger partial charge in [-0.25, -0.2) is 9.97 Å². The summed E-state index contributed by atoms with van der Waals surface area (Å²) in [6.45, 7) is 15.4. The number of carbonyl (C=O) groups is 2. The molecular formula is C24H35N5O2S. The minimum absolute atomic E-state index is 0.0733. The van der Waals surface area contributed by atoms with Gasteiger partial charge in [0.25, 0.3) is 5.91 Å². The van der Waals surface area contributed by atoms with Crippen molar-refractivity contribution in [2.24, 2.45) is 0 Å². The number of likely N-dealkylation sites (tertiary alicyclic amines) is 1. The van der Waals surface area contributed by atoms with E-state index in [2.05, 4.69) is 25.7 Å². The van der Waals surface area contributed by atoms with E-state index in [4.69, 9.17) is 9.97 Å². The first-order valence-electron chi connectivity index (χ1n) is 11.7. The molecule has 2 aliphatic heterocycles. The van der Waals surface area contributed by atoms with Crippen molar-refractivity contribution >= 4 is 33.4 Å². The Morgan fingerprint density at radius 3 is 2.19 bits per heavy atom. The van der Waals surface area contributed by atoms with Crippen LogP contribution in [0.5, 0.6) is 0 Å². The van der Waals surface area contributed by atoms with E-state index >= 15 is 0 Å². The summed E-state index contributed by atoms with van der Waals surface area (Å²) in [4.78, 5) is 43.2. The van der Waals surface area contributed by atoms with Crippen molar-refractivity contribution in [3.05, 3.63) is 22.0 Å². The number of amides is 2. The summed E-state index contributed by atoms with van der Waals surface area (Å²) in [5, 5.41) is 1.01. The molecule has 4 heterocycles. The Morgan fingerprint density at radius 2 is 1.56 bits per heavy atom. The van der Waals surface area contributed by atoms with Crippen LogP contribution in [0.4, 0.5) is 0 Å². The molecular weight excluding hydrogens is 422 g/mol. The minimum Gasteiger partial charge on any atom is -0.342 e. The molecule has 0 unspecified atom stereocenters. The highest BCUT2D eigenvalue weighted by Crippen LogP contribution is 2.34. The largest absolute Gasteiger partial charge is 0.342 e. The number of aromatic nitrogens is 2. The van der Waals surface area contributed by atoms with Crippen LogP contribution in [0, 0.1) is 13.8 Å². The summed E-state index contributed by atoms with van der Waals surface area (Å²) in [5.74, 6) is 1.12. The summed E-state index contributed by atoms with van der Waals surface area (Å²) in [7, 11) is 0. The van der Waals surface area contributed by atoms with E-state index < -0.39 is 0 Å². The van der Waals surface area contributed by atoms with Crippen molar-refractivity contribution < 1.29 is 9.59 Å². The molecule has 0 aliphatic carbocycles. The molecule has 0 N–H and O–H groups in total. The van der Waals surface area contributed by atoms with Gasteiger partial charge in [-0.2, -0.15) is 0 Å². The summed E-state index contributed by atoms with van der Waals surface area (Å²) >= 11 is 1.48. The van der Waals surface area contributed by atoms with E-state index in [1.54, 1.807) is 0 Å². The highest BCUT2D eigenvalue weighted by atomic mass is 32.1. The van der Waals surface area contributed by atoms with E-state index in [1.807, 2.05) is 23.6 Å². The predicted octanol–water partition coefficient (Wildman–Crippen LogP) is 3.38. The number of hydrogen-bond donors (Lipinski definition) is 0. The molecule has 0 radical (unpaired) electrons. The third kappa shape index (κ3) is 4.66. The van der Waals surface area contributed by atoms with Gasteiger partial charge in [0.1, 0.15) is 10.7 Å². The van der Waals surface area contributed by atoms with E-state index in [9.17, 15) is 9.59 Å². The lowest BCUT2D eigenvalue weighted by Gasteiger charge is -2.36. The molecule has 2 aliphatic rings. The number of aryl methyl sites for hydroxylation is 2. The maximum Gasteiger partial charge on any atom is 0.264 e. The highest BCUT2D eigenvalue weighted by molar-refractivity contribution is 7.20. The smallest absolute Gasteiger partial charge is 0.264 e. The van der Waals surface area contributed by atoms with Crippen LogP contribution in [-0.2, 0) is 10.2 Å². The number of fused-ring (bicyclic) bond motifs is 1. The number of thiophene rings is 1. The summed E-state index contributed by atoms with van der Waals surface area (Å²) in [5.41, 5.74) is 1.78. The van der Waals surface area contributed by atoms with Crippen LogP contribution in [0.1, 0.15) is 66.8 Å². The zero-order valence-electron chi connectivity index (χ0n) is 20.0. The lowest BCUT2D eigenvalue weighted by molar-refractivity contribution is -0.133. The molecule has 0 aromatic carbocycles. The lowest BCUT2D eigenvalue weighted by atomic mass is 9.95. The van der Waals surface area contributed by atoms with Crippen LogP contribution in [0.25, 0.3) is 10.2 Å². The number of rotatable bonds is 3. The molecule has 0 spiro atoms. The Balaban J connectivity index is 1.43. The second-order valence-electron chi connectivity index (χ2n) is 10.1. The van der Waals surface area contributed by atoms with E-state index in [0.717, 1.165) is 71.2 Å². The van der Waals surface area contributed by atoms with E-state index in [-0.39, 0.29) is 17.2 Å². The summed E-state index contributed by atoms with van der Waals surface area (Å²) in [6, 6.07) is 0. The first-order chi connectivity index (χ1) is 15.1. The van der Waals surface area contributed by atoms with E-state index in [1.165, 1.54) is 17.8 Å². The van der Waals surface area contributed by atoms with Crippen LogP contribution in [-0.4, -0.2) is 82.3 Å². The van der Waals surface area contributed by atoms with Gasteiger partial charge in [0.2, 0.25) is 5.91 Å². The third-order valence-electron chi connectivity index (χ3n) is 6.56. The van der Waals surface area contributed by atoms with Crippen LogP contribution in [0.2, 0.25) is 0 Å². The van der Waals surface area contributed by atoms with Crippen molar-refractivity contribution in [2.75, 3.05) is 45.8 Å². The van der Waals surface area contributed by atoms with E-state index in [0.29, 0.717) is 19.6 Å². The molecule has 32 heavy (non-hydrogen) atoms. The highest BCUT2D eigenvalue weighted by Gasteiger charge is 2.29. The van der Waals surface area contributed by atoms with Crippen LogP contribution < -0.4 is 0 Å². The summed E-state index contributed by atoms with van der Waals surface area (Å²) < 4.78 is 0. The molecule has 8 heteroatoms. The van der Waals surface area contributed by atoms with Gasteiger partial charge in [0.15, 0.2) is 0 Å². The number of nitrogens with zero attached hydrogens (tertiary/aromatic N) is 5. The zero-order valence-corrected chi connectivity index (χ0v) is 20.8. The van der Waals surface area contributed by atoms with Crippen molar-refractivity contribution in [1.29, 1.82) is 0 Å². The average Bonchev–Trinajstić information content (AvgIpc) is 3.10. The van der Waals surface area contributed by atoms with Crippen LogP contribution in [0.15, 0.2) is 0 Å². The topological polar surface area (TPSA) is 69.6 Å². The maximum absolute atomic E-state index is 13.4. The first kappa shape index (κ1) is 23.1. The number of carbonyl (C=O) groups excluding carboxylic acids is 2. The maximum atomic E-state index is 13.4. The Morgan fingerprint density at radius 1 is 0.906 bits per heavy atom. The Bertz CT molecular complexity index is 1010. The normalized spacial score (nSPS) is 18.4. The Kier molecular flexibility index (Phi) is 6.54. The number of piperazine rings is 1. The Hall–Kier alpha value is -2.06. The third-order valence-corrected chi connectivity index (χ3v) is 7.74. The molecule has 2 amide bonds. The van der Waals surface area contributed by atoms with Crippen molar-refractivity contribution in [2.45, 2.75) is 59.3 Å². The second kappa shape index (κ2) is 9.06. The summed E-state index contributed by atoms with van der Waals surface area (Å²) in [6.07, 6.45) is 3.46. The molecule has 7 nitrogen and oxygen atoms in total. The fourth-order valence-corrected chi connectivity index (χ4v) is 5.77. The molecule has 174 valence electrons. The quantitative estimate of drug-likeness (QED) is 0.707. The van der Waals surface area contributed by atoms with Crippen LogP contribution in [0.3, 0.4) is 0 Å². The minimum atomic E-state index is -0.136. The van der Waals surface area contributed by atoms with Gasteiger partial charge >= 0.3 is 0 Å². The van der Waals surface area contributed by atoms with Gasteiger partial charge in [-0.05, 0) is 38.7 Å². The van der Waals surface area contributed by atoms with Crippen LogP contribution >= 0.6 is 11.3 Å². The van der Waals surface area contributed by atoms with Crippen molar-refractivity contribution in [3.8, 4) is 0 Å². The fraction of sp³-hybridized carbons (Fsp3) is 0.667. The average molecular weight is 458 g/mol. The Labute approximate surface area is 194 Å². The van der Waals surface area contributed by atoms with Gasteiger partial charge in [-0.15, -0.1) is 11.3 Å². The molecule has 2 aromatic rings. The van der Waals surface area contributed by atoms with Gasteiger partial charge in [-0.1, -0.05) is 20.8 Å². The monoisotopic (exact) mass is 457 g/mol. The zero-order chi connectivity index (χ0) is 23.0. The first-order valence-corrected chi connectivity index (χ1v) is 12.5.